The Morgan fingerprint density at radius 1 is 1.32 bits per heavy atom. The average molecular weight is 309 g/mol. The van der Waals surface area contributed by atoms with Gasteiger partial charge >= 0.3 is 0 Å². The van der Waals surface area contributed by atoms with Crippen molar-refractivity contribution in [1.29, 1.82) is 0 Å². The first-order chi connectivity index (χ1) is 9.86. The van der Waals surface area contributed by atoms with Gasteiger partial charge in [-0.3, -0.25) is 9.48 Å². The zero-order valence-electron chi connectivity index (χ0n) is 15.2. The second-order valence-corrected chi connectivity index (χ2v) is 8.15. The van der Waals surface area contributed by atoms with Gasteiger partial charge in [-0.05, 0) is 12.0 Å². The third-order valence-electron chi connectivity index (χ3n) is 4.02. The lowest BCUT2D eigenvalue weighted by Gasteiger charge is -2.33. The van der Waals surface area contributed by atoms with Gasteiger partial charge in [-0.25, -0.2) is 0 Å². The van der Waals surface area contributed by atoms with E-state index < -0.39 is 6.10 Å². The van der Waals surface area contributed by atoms with E-state index in [0.29, 0.717) is 12.2 Å². The molecule has 0 aliphatic rings. The topological polar surface area (TPSA) is 67.2 Å². The average Bonchev–Trinajstić information content (AvgIpc) is 2.77. The van der Waals surface area contributed by atoms with Gasteiger partial charge in [0, 0.05) is 24.4 Å². The summed E-state index contributed by atoms with van der Waals surface area (Å²) in [6.45, 7) is 14.5. The van der Waals surface area contributed by atoms with Gasteiger partial charge in [0.15, 0.2) is 0 Å². The number of carbonyl (C=O) groups is 1. The first kappa shape index (κ1) is 18.7. The molecular formula is C17H31N3O2. The number of carbonyl (C=O) groups excluding carboxylic acids is 1. The number of aromatic nitrogens is 2. The largest absolute Gasteiger partial charge is 0.392 e. The number of amides is 1. The van der Waals surface area contributed by atoms with E-state index in [-0.39, 0.29) is 22.7 Å². The van der Waals surface area contributed by atoms with Gasteiger partial charge in [-0.15, -0.1) is 0 Å². The minimum atomic E-state index is -0.468. The van der Waals surface area contributed by atoms with E-state index in [1.54, 1.807) is 11.7 Å². The molecule has 0 aliphatic carbocycles. The van der Waals surface area contributed by atoms with Crippen molar-refractivity contribution in [3.8, 4) is 0 Å². The van der Waals surface area contributed by atoms with Crippen LogP contribution in [-0.4, -0.2) is 33.4 Å². The Balaban J connectivity index is 2.81. The van der Waals surface area contributed by atoms with Gasteiger partial charge in [0.2, 0.25) is 0 Å². The van der Waals surface area contributed by atoms with Gasteiger partial charge in [0.1, 0.15) is 5.69 Å². The standard InChI is InChI=1S/C17H31N3O2/c1-11(2)14(21)17(6,7)10-18-15(22)12-9-13(16(3,4)5)19-20(12)8/h9,11,14,21H,10H2,1-8H3,(H,18,22). The summed E-state index contributed by atoms with van der Waals surface area (Å²) in [5, 5.41) is 17.6. The van der Waals surface area contributed by atoms with Crippen LogP contribution in [-0.2, 0) is 12.5 Å². The summed E-state index contributed by atoms with van der Waals surface area (Å²) in [6.07, 6.45) is -0.468. The van der Waals surface area contributed by atoms with Crippen molar-refractivity contribution in [3.05, 3.63) is 17.5 Å². The molecule has 0 fully saturated rings. The molecule has 0 bridgehead atoms. The fourth-order valence-electron chi connectivity index (χ4n) is 2.45. The molecule has 1 amide bonds. The fourth-order valence-corrected chi connectivity index (χ4v) is 2.45. The molecule has 1 aromatic heterocycles. The molecule has 126 valence electrons. The molecule has 0 aliphatic heterocycles. The molecular weight excluding hydrogens is 278 g/mol. The molecule has 0 aromatic carbocycles. The minimum absolute atomic E-state index is 0.0939. The first-order valence-corrected chi connectivity index (χ1v) is 7.87. The molecule has 1 atom stereocenters. The van der Waals surface area contributed by atoms with Crippen LogP contribution in [0.1, 0.15) is 64.6 Å². The molecule has 0 saturated carbocycles. The van der Waals surface area contributed by atoms with Crippen molar-refractivity contribution in [2.45, 2.75) is 60.0 Å². The first-order valence-electron chi connectivity index (χ1n) is 7.87. The lowest BCUT2D eigenvalue weighted by atomic mass is 9.80. The molecule has 1 rings (SSSR count). The van der Waals surface area contributed by atoms with Gasteiger partial charge in [0.05, 0.1) is 11.8 Å². The second kappa shape index (κ2) is 6.41. The smallest absolute Gasteiger partial charge is 0.269 e. The maximum atomic E-state index is 12.4. The van der Waals surface area contributed by atoms with Crippen LogP contribution in [0.15, 0.2) is 6.07 Å². The Kier molecular flexibility index (Phi) is 5.44. The molecule has 0 radical (unpaired) electrons. The molecule has 1 aromatic rings. The van der Waals surface area contributed by atoms with Crippen LogP contribution in [0.4, 0.5) is 0 Å². The summed E-state index contributed by atoms with van der Waals surface area (Å²) < 4.78 is 1.61. The van der Waals surface area contributed by atoms with E-state index in [2.05, 4.69) is 31.2 Å². The van der Waals surface area contributed by atoms with Crippen LogP contribution < -0.4 is 5.32 Å². The molecule has 5 heteroatoms. The molecule has 5 nitrogen and oxygen atoms in total. The van der Waals surface area contributed by atoms with Gasteiger partial charge in [0.25, 0.3) is 5.91 Å². The Hall–Kier alpha value is -1.36. The molecule has 1 unspecified atom stereocenters. The lowest BCUT2D eigenvalue weighted by Crippen LogP contribution is -2.43. The van der Waals surface area contributed by atoms with E-state index in [0.717, 1.165) is 5.69 Å². The maximum absolute atomic E-state index is 12.4. The number of nitrogens with zero attached hydrogens (tertiary/aromatic N) is 2. The molecule has 1 heterocycles. The molecule has 0 saturated heterocycles. The van der Waals surface area contributed by atoms with Crippen LogP contribution >= 0.6 is 0 Å². The number of aliphatic hydroxyl groups is 1. The number of rotatable bonds is 5. The highest BCUT2D eigenvalue weighted by atomic mass is 16.3. The Bertz CT molecular complexity index is 524. The van der Waals surface area contributed by atoms with Crippen LogP contribution in [0.25, 0.3) is 0 Å². The highest BCUT2D eigenvalue weighted by molar-refractivity contribution is 5.92. The monoisotopic (exact) mass is 309 g/mol. The fraction of sp³-hybridized carbons (Fsp3) is 0.765. The zero-order chi connectivity index (χ0) is 17.3. The molecule has 2 N–H and O–H groups in total. The van der Waals surface area contributed by atoms with Gasteiger partial charge < -0.3 is 10.4 Å². The summed E-state index contributed by atoms with van der Waals surface area (Å²) in [6, 6.07) is 1.83. The number of hydrogen-bond donors (Lipinski definition) is 2. The summed E-state index contributed by atoms with van der Waals surface area (Å²) in [5.41, 5.74) is 0.958. The number of aliphatic hydroxyl groups excluding tert-OH is 1. The van der Waals surface area contributed by atoms with E-state index >= 15 is 0 Å². The Morgan fingerprint density at radius 2 is 1.86 bits per heavy atom. The van der Waals surface area contributed by atoms with Crippen molar-refractivity contribution >= 4 is 5.91 Å². The summed E-state index contributed by atoms with van der Waals surface area (Å²) >= 11 is 0. The predicted molar refractivity (Wildman–Crippen MR) is 88.9 cm³/mol. The van der Waals surface area contributed by atoms with E-state index in [9.17, 15) is 9.90 Å². The third-order valence-corrected chi connectivity index (χ3v) is 4.02. The number of hydrogen-bond acceptors (Lipinski definition) is 3. The van der Waals surface area contributed by atoms with Crippen molar-refractivity contribution in [2.24, 2.45) is 18.4 Å². The molecule has 0 spiro atoms. The van der Waals surface area contributed by atoms with Gasteiger partial charge in [-0.1, -0.05) is 48.5 Å². The minimum Gasteiger partial charge on any atom is -0.392 e. The van der Waals surface area contributed by atoms with Crippen LogP contribution in [0.5, 0.6) is 0 Å². The van der Waals surface area contributed by atoms with E-state index in [4.69, 9.17) is 0 Å². The Morgan fingerprint density at radius 3 is 2.27 bits per heavy atom. The maximum Gasteiger partial charge on any atom is 0.269 e. The normalized spacial score (nSPS) is 14.3. The number of aryl methyl sites for hydroxylation is 1. The number of nitrogens with one attached hydrogen (secondary N) is 1. The van der Waals surface area contributed by atoms with Crippen molar-refractivity contribution in [1.82, 2.24) is 15.1 Å². The zero-order valence-corrected chi connectivity index (χ0v) is 15.2. The quantitative estimate of drug-likeness (QED) is 0.878. The predicted octanol–water partition coefficient (Wildman–Crippen LogP) is 2.49. The lowest BCUT2D eigenvalue weighted by molar-refractivity contribution is 0.0137. The van der Waals surface area contributed by atoms with E-state index in [1.165, 1.54) is 0 Å². The van der Waals surface area contributed by atoms with Crippen LogP contribution in [0.3, 0.4) is 0 Å². The summed E-state index contributed by atoms with van der Waals surface area (Å²) in [7, 11) is 1.78. The van der Waals surface area contributed by atoms with Crippen LogP contribution in [0, 0.1) is 11.3 Å². The highest BCUT2D eigenvalue weighted by Gasteiger charge is 2.31. The molecule has 22 heavy (non-hydrogen) atoms. The van der Waals surface area contributed by atoms with Gasteiger partial charge in [-0.2, -0.15) is 5.10 Å². The van der Waals surface area contributed by atoms with Crippen molar-refractivity contribution in [3.63, 3.8) is 0 Å². The van der Waals surface area contributed by atoms with Crippen LogP contribution in [0.2, 0.25) is 0 Å². The highest BCUT2D eigenvalue weighted by Crippen LogP contribution is 2.25. The SMILES string of the molecule is CC(C)C(O)C(C)(C)CNC(=O)c1cc(C(C)(C)C)nn1C. The third kappa shape index (κ3) is 4.32. The summed E-state index contributed by atoms with van der Waals surface area (Å²) in [4.78, 5) is 12.4. The second-order valence-electron chi connectivity index (χ2n) is 8.15. The van der Waals surface area contributed by atoms with Crippen molar-refractivity contribution in [2.75, 3.05) is 6.54 Å². The van der Waals surface area contributed by atoms with Crippen molar-refractivity contribution < 1.29 is 9.90 Å². The summed E-state index contributed by atoms with van der Waals surface area (Å²) in [5.74, 6) is -0.00868. The Labute approximate surface area is 134 Å². The van der Waals surface area contributed by atoms with E-state index in [1.807, 2.05) is 33.8 Å².